The summed E-state index contributed by atoms with van der Waals surface area (Å²) in [5, 5.41) is 7.09. The van der Waals surface area contributed by atoms with E-state index in [1.807, 2.05) is 24.3 Å². The van der Waals surface area contributed by atoms with Gasteiger partial charge >= 0.3 is 0 Å². The average Bonchev–Trinajstić information content (AvgIpc) is 3.18. The number of hydrogen-bond acceptors (Lipinski definition) is 3. The van der Waals surface area contributed by atoms with E-state index in [1.54, 1.807) is 0 Å². The largest absolute Gasteiger partial charge is 0.490 e. The predicted molar refractivity (Wildman–Crippen MR) is 105 cm³/mol. The van der Waals surface area contributed by atoms with E-state index in [-0.39, 0.29) is 11.9 Å². The first kappa shape index (κ1) is 16.3. The van der Waals surface area contributed by atoms with Crippen LogP contribution in [0.15, 0.2) is 48.5 Å². The maximum atomic E-state index is 11.6. The van der Waals surface area contributed by atoms with E-state index in [2.05, 4.69) is 57.1 Å². The van der Waals surface area contributed by atoms with Crippen LogP contribution in [-0.4, -0.2) is 22.1 Å². The molecule has 0 bridgehead atoms. The van der Waals surface area contributed by atoms with E-state index in [0.29, 0.717) is 5.69 Å². The van der Waals surface area contributed by atoms with Crippen LogP contribution in [-0.2, 0) is 12.8 Å². The summed E-state index contributed by atoms with van der Waals surface area (Å²) in [5.74, 6) is 0.850. The van der Waals surface area contributed by atoms with Crippen LogP contribution in [0.25, 0.3) is 11.3 Å². The molecule has 3 aromatic rings. The molecular weight excluding hydrogens is 427 g/mol. The highest BCUT2D eigenvalue weighted by Crippen LogP contribution is 2.29. The molecule has 0 aliphatic heterocycles. The first-order chi connectivity index (χ1) is 12.1. The molecule has 0 saturated heterocycles. The molecule has 0 saturated carbocycles. The van der Waals surface area contributed by atoms with Gasteiger partial charge in [0.25, 0.3) is 0 Å². The lowest BCUT2D eigenvalue weighted by molar-refractivity contribution is 0.101. The van der Waals surface area contributed by atoms with Crippen LogP contribution in [0, 0.1) is 3.57 Å². The summed E-state index contributed by atoms with van der Waals surface area (Å²) in [7, 11) is 0. The Labute approximate surface area is 159 Å². The van der Waals surface area contributed by atoms with Gasteiger partial charge in [-0.15, -0.1) is 0 Å². The summed E-state index contributed by atoms with van der Waals surface area (Å²) >= 11 is 2.16. The summed E-state index contributed by atoms with van der Waals surface area (Å²) < 4.78 is 6.99. The molecule has 0 fully saturated rings. The maximum Gasteiger partial charge on any atom is 0.178 e. The summed E-state index contributed by atoms with van der Waals surface area (Å²) in [6.07, 6.45) is 2.10. The number of fused-ring (bicyclic) bond motifs is 1. The van der Waals surface area contributed by atoms with Crippen molar-refractivity contribution < 1.29 is 9.53 Å². The van der Waals surface area contributed by atoms with Gasteiger partial charge in [0, 0.05) is 25.3 Å². The molecular formula is C20H17IN2O2. The third kappa shape index (κ3) is 3.20. The Bertz CT molecular complexity index is 906. The van der Waals surface area contributed by atoms with Crippen molar-refractivity contribution in [2.75, 3.05) is 0 Å². The van der Waals surface area contributed by atoms with Crippen LogP contribution in [0.2, 0.25) is 0 Å². The van der Waals surface area contributed by atoms with Crippen molar-refractivity contribution in [1.29, 1.82) is 0 Å². The first-order valence-corrected chi connectivity index (χ1v) is 9.28. The summed E-state index contributed by atoms with van der Waals surface area (Å²) in [4.78, 5) is 11.6. The molecule has 126 valence electrons. The fourth-order valence-electron chi connectivity index (χ4n) is 3.24. The smallest absolute Gasteiger partial charge is 0.178 e. The van der Waals surface area contributed by atoms with Gasteiger partial charge in [0.1, 0.15) is 23.2 Å². The molecule has 1 N–H and O–H groups in total. The third-order valence-electron chi connectivity index (χ3n) is 4.50. The molecule has 0 atom stereocenters. The number of nitrogens with zero attached hydrogens (tertiary/aromatic N) is 1. The van der Waals surface area contributed by atoms with Crippen molar-refractivity contribution in [3.8, 4) is 17.0 Å². The minimum Gasteiger partial charge on any atom is -0.490 e. The van der Waals surface area contributed by atoms with Gasteiger partial charge in [-0.3, -0.25) is 9.89 Å². The molecule has 4 nitrogen and oxygen atoms in total. The van der Waals surface area contributed by atoms with Crippen molar-refractivity contribution in [1.82, 2.24) is 10.2 Å². The van der Waals surface area contributed by atoms with Gasteiger partial charge in [0.2, 0.25) is 0 Å². The molecule has 0 unspecified atom stereocenters. The number of aromatic nitrogens is 2. The van der Waals surface area contributed by atoms with E-state index in [0.717, 1.165) is 33.4 Å². The maximum absolute atomic E-state index is 11.6. The van der Waals surface area contributed by atoms with Gasteiger partial charge in [-0.05, 0) is 58.0 Å². The number of carbonyl (C=O) groups is 1. The number of aromatic amines is 1. The lowest BCUT2D eigenvalue weighted by atomic mass is 10.1. The Kier molecular flexibility index (Phi) is 4.33. The number of H-pyrrole nitrogens is 1. The van der Waals surface area contributed by atoms with E-state index in [9.17, 15) is 4.79 Å². The van der Waals surface area contributed by atoms with Gasteiger partial charge in [-0.25, -0.2) is 0 Å². The summed E-state index contributed by atoms with van der Waals surface area (Å²) in [5.41, 5.74) is 5.08. The van der Waals surface area contributed by atoms with E-state index in [4.69, 9.17) is 4.74 Å². The number of benzene rings is 2. The lowest BCUT2D eigenvalue weighted by Crippen LogP contribution is -2.16. The minimum atomic E-state index is -0.0103. The summed E-state index contributed by atoms with van der Waals surface area (Å²) in [6.45, 7) is 1.54. The van der Waals surface area contributed by atoms with Gasteiger partial charge in [0.05, 0.1) is 3.57 Å². The molecule has 0 amide bonds. The Morgan fingerprint density at radius 2 is 1.76 bits per heavy atom. The average molecular weight is 444 g/mol. The number of carbonyl (C=O) groups excluding carboxylic acids is 1. The Morgan fingerprint density at radius 3 is 2.32 bits per heavy atom. The van der Waals surface area contributed by atoms with Crippen LogP contribution in [0.5, 0.6) is 5.75 Å². The fraction of sp³-hybridized carbons (Fsp3) is 0.200. The van der Waals surface area contributed by atoms with Crippen LogP contribution >= 0.6 is 22.6 Å². The number of halogens is 1. The van der Waals surface area contributed by atoms with Gasteiger partial charge in [0.15, 0.2) is 5.78 Å². The number of hydrogen-bond donors (Lipinski definition) is 1. The molecule has 1 heterocycles. The quantitative estimate of drug-likeness (QED) is 0.479. The highest BCUT2D eigenvalue weighted by atomic mass is 127. The zero-order valence-electron chi connectivity index (χ0n) is 13.8. The van der Waals surface area contributed by atoms with Crippen molar-refractivity contribution in [2.24, 2.45) is 0 Å². The number of rotatable bonds is 4. The number of ketones is 1. The minimum absolute atomic E-state index is 0.0103. The van der Waals surface area contributed by atoms with Crippen molar-refractivity contribution >= 4 is 28.4 Å². The molecule has 1 aliphatic rings. The second-order valence-electron chi connectivity index (χ2n) is 6.26. The zero-order valence-corrected chi connectivity index (χ0v) is 15.9. The highest BCUT2D eigenvalue weighted by Gasteiger charge is 2.22. The van der Waals surface area contributed by atoms with Crippen molar-refractivity contribution in [3.63, 3.8) is 0 Å². The first-order valence-electron chi connectivity index (χ1n) is 8.20. The monoisotopic (exact) mass is 444 g/mol. The van der Waals surface area contributed by atoms with Gasteiger partial charge in [-0.2, -0.15) is 5.10 Å². The SMILES string of the molecule is CC(=O)c1[nH]nc(-c2ccc(OC3Cc4ccccc4C3)cc2)c1I. The van der Waals surface area contributed by atoms with E-state index < -0.39 is 0 Å². The van der Waals surface area contributed by atoms with Crippen molar-refractivity contribution in [2.45, 2.75) is 25.9 Å². The van der Waals surface area contributed by atoms with E-state index in [1.165, 1.54) is 18.1 Å². The molecule has 25 heavy (non-hydrogen) atoms. The second kappa shape index (κ2) is 6.63. The molecule has 0 radical (unpaired) electrons. The van der Waals surface area contributed by atoms with Gasteiger partial charge in [-0.1, -0.05) is 24.3 Å². The highest BCUT2D eigenvalue weighted by molar-refractivity contribution is 14.1. The third-order valence-corrected chi connectivity index (χ3v) is 5.55. The molecule has 2 aromatic carbocycles. The number of nitrogens with one attached hydrogen (secondary N) is 1. The van der Waals surface area contributed by atoms with Crippen molar-refractivity contribution in [3.05, 3.63) is 68.9 Å². The van der Waals surface area contributed by atoms with Crippen LogP contribution < -0.4 is 4.74 Å². The zero-order chi connectivity index (χ0) is 17.4. The van der Waals surface area contributed by atoms with E-state index >= 15 is 0 Å². The molecule has 1 aliphatic carbocycles. The second-order valence-corrected chi connectivity index (χ2v) is 7.34. The number of Topliss-reactive ketones (excluding diaryl/α,β-unsaturated/α-hetero) is 1. The molecule has 4 rings (SSSR count). The lowest BCUT2D eigenvalue weighted by Gasteiger charge is -2.13. The Morgan fingerprint density at radius 1 is 1.12 bits per heavy atom. The van der Waals surface area contributed by atoms with Gasteiger partial charge < -0.3 is 4.74 Å². The standard InChI is InChI=1S/C20H17IN2O2/c1-12(24)19-18(21)20(23-22-19)13-6-8-16(9-7-13)25-17-10-14-4-2-3-5-15(14)11-17/h2-9,17H,10-11H2,1H3,(H,22,23). The molecule has 5 heteroatoms. The molecule has 0 spiro atoms. The van der Waals surface area contributed by atoms with Crippen LogP contribution in [0.1, 0.15) is 28.5 Å². The Hall–Kier alpha value is -2.15. The number of ether oxygens (including phenoxy) is 1. The summed E-state index contributed by atoms with van der Waals surface area (Å²) in [6, 6.07) is 16.4. The van der Waals surface area contributed by atoms with Crippen LogP contribution in [0.3, 0.4) is 0 Å². The topological polar surface area (TPSA) is 55.0 Å². The predicted octanol–water partition coefficient (Wildman–Crippen LogP) is 4.43. The van der Waals surface area contributed by atoms with Crippen LogP contribution in [0.4, 0.5) is 0 Å². The Balaban J connectivity index is 1.49. The fourth-order valence-corrected chi connectivity index (χ4v) is 4.17. The normalized spacial score (nSPS) is 13.7. The molecule has 1 aromatic heterocycles.